The Bertz CT molecular complexity index is 177. The Kier molecular flexibility index (Phi) is 5.20. The van der Waals surface area contributed by atoms with Gasteiger partial charge in [-0.1, -0.05) is 19.1 Å². The Balaban J connectivity index is 2.15. The van der Waals surface area contributed by atoms with Crippen LogP contribution in [0.4, 0.5) is 0 Å². The molecule has 1 heterocycles. The van der Waals surface area contributed by atoms with Gasteiger partial charge in [0.05, 0.1) is 0 Å². The minimum atomic E-state index is 0.874. The number of hydrogen-bond acceptors (Lipinski definition) is 2. The van der Waals surface area contributed by atoms with E-state index in [1.807, 2.05) is 7.05 Å². The predicted molar refractivity (Wildman–Crippen MR) is 62.5 cm³/mol. The molecule has 1 atom stereocenters. The lowest BCUT2D eigenvalue weighted by atomic mass is 9.98. The van der Waals surface area contributed by atoms with Gasteiger partial charge in [0.25, 0.3) is 0 Å². The van der Waals surface area contributed by atoms with Crippen molar-refractivity contribution in [1.29, 1.82) is 0 Å². The summed E-state index contributed by atoms with van der Waals surface area (Å²) < 4.78 is 0. The second-order valence-corrected chi connectivity index (χ2v) is 4.36. The van der Waals surface area contributed by atoms with Crippen LogP contribution in [0.5, 0.6) is 0 Å². The smallest absolute Gasteiger partial charge is 0.00131 e. The van der Waals surface area contributed by atoms with Crippen LogP contribution in [0, 0.1) is 5.92 Å². The van der Waals surface area contributed by atoms with E-state index in [9.17, 15) is 0 Å². The number of nitrogens with one attached hydrogen (secondary N) is 1. The fraction of sp³-hybridized carbons (Fsp3) is 0.833. The zero-order valence-corrected chi connectivity index (χ0v) is 9.68. The van der Waals surface area contributed by atoms with Crippen LogP contribution in [0.3, 0.4) is 0 Å². The van der Waals surface area contributed by atoms with Crippen LogP contribution in [0.1, 0.15) is 26.2 Å². The van der Waals surface area contributed by atoms with E-state index >= 15 is 0 Å². The lowest BCUT2D eigenvalue weighted by Crippen LogP contribution is -2.20. The molecule has 82 valence electrons. The first-order valence-corrected chi connectivity index (χ1v) is 5.79. The Hall–Kier alpha value is -0.340. The third kappa shape index (κ3) is 3.81. The highest BCUT2D eigenvalue weighted by Crippen LogP contribution is 2.23. The van der Waals surface area contributed by atoms with Crippen molar-refractivity contribution in [3.8, 4) is 0 Å². The minimum Gasteiger partial charge on any atom is -0.319 e. The normalized spacial score (nSPS) is 22.9. The molecule has 1 saturated heterocycles. The summed E-state index contributed by atoms with van der Waals surface area (Å²) >= 11 is 0. The molecule has 0 aromatic heterocycles. The molecule has 1 aliphatic heterocycles. The molecule has 14 heavy (non-hydrogen) atoms. The van der Waals surface area contributed by atoms with Crippen molar-refractivity contribution >= 4 is 0 Å². The molecule has 0 spiro atoms. The summed E-state index contributed by atoms with van der Waals surface area (Å²) in [6.45, 7) is 11.3. The lowest BCUT2D eigenvalue weighted by molar-refractivity contribution is 0.341. The highest BCUT2D eigenvalue weighted by molar-refractivity contribution is 4.98. The summed E-state index contributed by atoms with van der Waals surface area (Å²) in [6.07, 6.45) is 3.74. The largest absolute Gasteiger partial charge is 0.319 e. The SMILES string of the molecule is C=C(CCNC)CC1CCN(CC)C1. The van der Waals surface area contributed by atoms with Gasteiger partial charge in [0, 0.05) is 6.54 Å². The summed E-state index contributed by atoms with van der Waals surface area (Å²) in [7, 11) is 2.00. The van der Waals surface area contributed by atoms with Gasteiger partial charge in [-0.3, -0.25) is 0 Å². The molecule has 2 heteroatoms. The van der Waals surface area contributed by atoms with E-state index in [0.29, 0.717) is 0 Å². The number of rotatable bonds is 6. The van der Waals surface area contributed by atoms with Crippen molar-refractivity contribution in [1.82, 2.24) is 10.2 Å². The number of likely N-dealkylation sites (tertiary alicyclic amines) is 1. The second-order valence-electron chi connectivity index (χ2n) is 4.36. The van der Waals surface area contributed by atoms with Crippen molar-refractivity contribution in [3.63, 3.8) is 0 Å². The minimum absolute atomic E-state index is 0.874. The standard InChI is InChI=1S/C12H24N2/c1-4-14-8-6-12(10-14)9-11(2)5-7-13-3/h12-13H,2,4-10H2,1,3H3. The maximum atomic E-state index is 4.15. The molecular formula is C12H24N2. The van der Waals surface area contributed by atoms with Crippen molar-refractivity contribution in [3.05, 3.63) is 12.2 Å². The molecule has 0 aromatic rings. The van der Waals surface area contributed by atoms with Crippen LogP contribution in [-0.4, -0.2) is 38.1 Å². The fourth-order valence-electron chi connectivity index (χ4n) is 2.18. The first-order chi connectivity index (χ1) is 6.76. The highest BCUT2D eigenvalue weighted by atomic mass is 15.1. The van der Waals surface area contributed by atoms with Crippen LogP contribution in [-0.2, 0) is 0 Å². The molecule has 0 amide bonds. The second kappa shape index (κ2) is 6.20. The van der Waals surface area contributed by atoms with Gasteiger partial charge in [-0.15, -0.1) is 0 Å². The van der Waals surface area contributed by atoms with Gasteiger partial charge in [0.2, 0.25) is 0 Å². The van der Waals surface area contributed by atoms with E-state index in [-0.39, 0.29) is 0 Å². The average molecular weight is 196 g/mol. The summed E-state index contributed by atoms with van der Waals surface area (Å²) in [6, 6.07) is 0. The quantitative estimate of drug-likeness (QED) is 0.653. The van der Waals surface area contributed by atoms with Gasteiger partial charge in [-0.2, -0.15) is 0 Å². The third-order valence-electron chi connectivity index (χ3n) is 3.12. The maximum Gasteiger partial charge on any atom is 0.00131 e. The predicted octanol–water partition coefficient (Wildman–Crippen LogP) is 1.88. The summed E-state index contributed by atoms with van der Waals surface area (Å²) in [5.74, 6) is 0.874. The molecule has 2 nitrogen and oxygen atoms in total. The first kappa shape index (κ1) is 11.7. The molecule has 0 bridgehead atoms. The summed E-state index contributed by atoms with van der Waals surface area (Å²) in [4.78, 5) is 2.54. The molecule has 1 rings (SSSR count). The zero-order chi connectivity index (χ0) is 10.4. The van der Waals surface area contributed by atoms with Gasteiger partial charge in [-0.25, -0.2) is 0 Å². The summed E-state index contributed by atoms with van der Waals surface area (Å²) in [5.41, 5.74) is 1.42. The van der Waals surface area contributed by atoms with Gasteiger partial charge < -0.3 is 10.2 Å². The molecule has 1 N–H and O–H groups in total. The first-order valence-electron chi connectivity index (χ1n) is 5.79. The van der Waals surface area contributed by atoms with E-state index in [1.165, 1.54) is 38.0 Å². The Morgan fingerprint density at radius 3 is 2.93 bits per heavy atom. The van der Waals surface area contributed by atoms with Gasteiger partial charge in [0.15, 0.2) is 0 Å². The number of hydrogen-bond donors (Lipinski definition) is 1. The van der Waals surface area contributed by atoms with Gasteiger partial charge in [0.1, 0.15) is 0 Å². The zero-order valence-electron chi connectivity index (χ0n) is 9.68. The van der Waals surface area contributed by atoms with E-state index in [2.05, 4.69) is 23.7 Å². The van der Waals surface area contributed by atoms with E-state index in [4.69, 9.17) is 0 Å². The Labute approximate surface area is 88.4 Å². The summed E-state index contributed by atoms with van der Waals surface area (Å²) in [5, 5.41) is 3.17. The average Bonchev–Trinajstić information content (AvgIpc) is 2.62. The molecule has 0 radical (unpaired) electrons. The Morgan fingerprint density at radius 2 is 2.36 bits per heavy atom. The van der Waals surface area contributed by atoms with Crippen LogP contribution in [0.15, 0.2) is 12.2 Å². The molecule has 1 unspecified atom stereocenters. The third-order valence-corrected chi connectivity index (χ3v) is 3.12. The van der Waals surface area contributed by atoms with Crippen LogP contribution in [0.25, 0.3) is 0 Å². The van der Waals surface area contributed by atoms with Crippen LogP contribution < -0.4 is 5.32 Å². The van der Waals surface area contributed by atoms with Crippen molar-refractivity contribution < 1.29 is 0 Å². The van der Waals surface area contributed by atoms with Gasteiger partial charge in [-0.05, 0) is 51.9 Å². The van der Waals surface area contributed by atoms with E-state index < -0.39 is 0 Å². The molecule has 1 fully saturated rings. The number of nitrogens with zero attached hydrogens (tertiary/aromatic N) is 1. The van der Waals surface area contributed by atoms with Crippen molar-refractivity contribution in [2.45, 2.75) is 26.2 Å². The molecular weight excluding hydrogens is 172 g/mol. The van der Waals surface area contributed by atoms with Crippen LogP contribution >= 0.6 is 0 Å². The topological polar surface area (TPSA) is 15.3 Å². The maximum absolute atomic E-state index is 4.15. The fourth-order valence-corrected chi connectivity index (χ4v) is 2.18. The lowest BCUT2D eigenvalue weighted by Gasteiger charge is -2.14. The van der Waals surface area contributed by atoms with Gasteiger partial charge >= 0.3 is 0 Å². The Morgan fingerprint density at radius 1 is 1.57 bits per heavy atom. The highest BCUT2D eigenvalue weighted by Gasteiger charge is 2.21. The van der Waals surface area contributed by atoms with E-state index in [1.54, 1.807) is 0 Å². The molecule has 0 saturated carbocycles. The molecule has 0 aliphatic carbocycles. The van der Waals surface area contributed by atoms with E-state index in [0.717, 1.165) is 18.9 Å². The molecule has 0 aromatic carbocycles. The van der Waals surface area contributed by atoms with Crippen molar-refractivity contribution in [2.24, 2.45) is 5.92 Å². The van der Waals surface area contributed by atoms with Crippen molar-refractivity contribution in [2.75, 3.05) is 33.2 Å². The monoisotopic (exact) mass is 196 g/mol. The van der Waals surface area contributed by atoms with Crippen LogP contribution in [0.2, 0.25) is 0 Å². The molecule has 1 aliphatic rings.